The first-order valence-electron chi connectivity index (χ1n) is 7.10. The van der Waals surface area contributed by atoms with Crippen LogP contribution in [0.15, 0.2) is 18.2 Å². The second-order valence-corrected chi connectivity index (χ2v) is 7.63. The number of amides is 1. The van der Waals surface area contributed by atoms with E-state index in [4.69, 9.17) is 0 Å². The number of nitrogens with zero attached hydrogens (tertiary/aromatic N) is 3. The van der Waals surface area contributed by atoms with Gasteiger partial charge < -0.3 is 4.90 Å². The monoisotopic (exact) mass is 357 g/mol. The molecule has 1 unspecified atom stereocenters. The van der Waals surface area contributed by atoms with Crippen molar-refractivity contribution in [2.24, 2.45) is 0 Å². The quantitative estimate of drug-likeness (QED) is 0.568. The van der Waals surface area contributed by atoms with Crippen molar-refractivity contribution in [3.63, 3.8) is 0 Å². The van der Waals surface area contributed by atoms with E-state index in [1.165, 1.54) is 4.90 Å². The molecule has 1 atom stereocenters. The number of carbonyl (C=O) groups is 1. The van der Waals surface area contributed by atoms with Crippen LogP contribution in [0.1, 0.15) is 23.7 Å². The van der Waals surface area contributed by atoms with Gasteiger partial charge in [-0.1, -0.05) is 0 Å². The predicted molar refractivity (Wildman–Crippen MR) is 83.5 cm³/mol. The average molecular weight is 357 g/mol. The summed E-state index contributed by atoms with van der Waals surface area (Å²) in [4.78, 5) is 34.1. The van der Waals surface area contributed by atoms with Gasteiger partial charge in [0.15, 0.2) is 9.84 Å². The van der Waals surface area contributed by atoms with Crippen molar-refractivity contribution in [2.45, 2.75) is 19.4 Å². The second-order valence-electron chi connectivity index (χ2n) is 5.40. The molecular weight excluding hydrogens is 342 g/mol. The van der Waals surface area contributed by atoms with Crippen molar-refractivity contribution in [3.8, 4) is 0 Å². The van der Waals surface area contributed by atoms with Crippen molar-refractivity contribution in [1.82, 2.24) is 4.90 Å². The van der Waals surface area contributed by atoms with E-state index < -0.39 is 43.0 Å². The van der Waals surface area contributed by atoms with Gasteiger partial charge in [0.05, 0.1) is 33.0 Å². The third kappa shape index (κ3) is 3.67. The van der Waals surface area contributed by atoms with Crippen molar-refractivity contribution in [1.29, 1.82) is 0 Å². The standard InChI is InChI=1S/C13H15N3O7S/c1-2-14(10-3-4-24(22,23)8-10)13(17)9-5-11(15(18)19)7-12(6-9)16(20)21/h5-7,10H,2-4,8H2,1H3. The predicted octanol–water partition coefficient (Wildman–Crippen LogP) is 1.15. The first-order valence-corrected chi connectivity index (χ1v) is 8.92. The highest BCUT2D eigenvalue weighted by molar-refractivity contribution is 7.91. The summed E-state index contributed by atoms with van der Waals surface area (Å²) >= 11 is 0. The Labute approximate surface area is 137 Å². The molecule has 0 saturated carbocycles. The fraction of sp³-hybridized carbons (Fsp3) is 0.462. The van der Waals surface area contributed by atoms with Crippen LogP contribution in [0.4, 0.5) is 11.4 Å². The minimum absolute atomic E-state index is 0.0312. The summed E-state index contributed by atoms with van der Waals surface area (Å²) in [6, 6.07) is 2.15. The molecule has 24 heavy (non-hydrogen) atoms. The summed E-state index contributed by atoms with van der Waals surface area (Å²) in [5.74, 6) is -0.869. The Morgan fingerprint density at radius 3 is 2.12 bits per heavy atom. The Morgan fingerprint density at radius 1 is 1.21 bits per heavy atom. The molecule has 1 aliphatic rings. The van der Waals surface area contributed by atoms with E-state index in [1.807, 2.05) is 0 Å². The summed E-state index contributed by atoms with van der Waals surface area (Å²) in [6.45, 7) is 1.84. The van der Waals surface area contributed by atoms with Gasteiger partial charge in [-0.15, -0.1) is 0 Å². The summed E-state index contributed by atoms with van der Waals surface area (Å²) in [6.07, 6.45) is 0.277. The molecule has 0 aromatic heterocycles. The molecule has 1 fully saturated rings. The molecule has 1 aliphatic heterocycles. The van der Waals surface area contributed by atoms with E-state index in [0.717, 1.165) is 18.2 Å². The highest BCUT2D eigenvalue weighted by Crippen LogP contribution is 2.25. The molecule has 0 bridgehead atoms. The van der Waals surface area contributed by atoms with Gasteiger partial charge in [0, 0.05) is 24.7 Å². The van der Waals surface area contributed by atoms with E-state index in [9.17, 15) is 33.4 Å². The molecule has 130 valence electrons. The van der Waals surface area contributed by atoms with Crippen LogP contribution in [0.2, 0.25) is 0 Å². The summed E-state index contributed by atoms with van der Waals surface area (Å²) < 4.78 is 23.2. The first-order chi connectivity index (χ1) is 11.1. The Bertz CT molecular complexity index is 774. The lowest BCUT2D eigenvalue weighted by atomic mass is 10.1. The number of sulfone groups is 1. The van der Waals surface area contributed by atoms with Crippen LogP contribution in [-0.2, 0) is 9.84 Å². The maximum atomic E-state index is 12.6. The number of rotatable bonds is 5. The minimum atomic E-state index is -3.22. The Morgan fingerprint density at radius 2 is 1.75 bits per heavy atom. The van der Waals surface area contributed by atoms with Crippen LogP contribution >= 0.6 is 0 Å². The Kier molecular flexibility index (Phi) is 4.83. The first kappa shape index (κ1) is 17.8. The van der Waals surface area contributed by atoms with Crippen LogP contribution in [0, 0.1) is 20.2 Å². The van der Waals surface area contributed by atoms with Crippen molar-refractivity contribution in [3.05, 3.63) is 44.0 Å². The van der Waals surface area contributed by atoms with Gasteiger partial charge in [-0.05, 0) is 13.3 Å². The van der Waals surface area contributed by atoms with E-state index in [0.29, 0.717) is 0 Å². The van der Waals surface area contributed by atoms with E-state index in [2.05, 4.69) is 0 Å². The molecule has 2 rings (SSSR count). The van der Waals surface area contributed by atoms with Crippen molar-refractivity contribution in [2.75, 3.05) is 18.1 Å². The third-order valence-corrected chi connectivity index (χ3v) is 5.57. The van der Waals surface area contributed by atoms with Crippen molar-refractivity contribution >= 4 is 27.1 Å². The van der Waals surface area contributed by atoms with Crippen LogP contribution in [0.25, 0.3) is 0 Å². The second kappa shape index (κ2) is 6.51. The Balaban J connectivity index is 2.40. The maximum absolute atomic E-state index is 12.6. The van der Waals surface area contributed by atoms with Crippen LogP contribution in [-0.4, -0.2) is 53.2 Å². The zero-order valence-electron chi connectivity index (χ0n) is 12.7. The lowest BCUT2D eigenvalue weighted by molar-refractivity contribution is -0.394. The molecule has 1 aromatic carbocycles. The van der Waals surface area contributed by atoms with Gasteiger partial charge in [-0.25, -0.2) is 8.42 Å². The number of hydrogen-bond donors (Lipinski definition) is 0. The van der Waals surface area contributed by atoms with Gasteiger partial charge in [0.25, 0.3) is 17.3 Å². The fourth-order valence-electron chi connectivity index (χ4n) is 2.68. The highest BCUT2D eigenvalue weighted by Gasteiger charge is 2.35. The molecule has 1 saturated heterocycles. The molecule has 1 aromatic rings. The lowest BCUT2D eigenvalue weighted by Crippen LogP contribution is -2.41. The number of carbonyl (C=O) groups excluding carboxylic acids is 1. The van der Waals surface area contributed by atoms with Gasteiger partial charge >= 0.3 is 0 Å². The molecule has 1 amide bonds. The van der Waals surface area contributed by atoms with E-state index >= 15 is 0 Å². The van der Waals surface area contributed by atoms with Crippen molar-refractivity contribution < 1.29 is 23.1 Å². The Hall–Kier alpha value is -2.56. The summed E-state index contributed by atoms with van der Waals surface area (Å²) in [7, 11) is -3.22. The molecular formula is C13H15N3O7S. The topological polar surface area (TPSA) is 141 Å². The molecule has 0 aliphatic carbocycles. The lowest BCUT2D eigenvalue weighted by Gasteiger charge is -2.26. The summed E-state index contributed by atoms with van der Waals surface area (Å²) in [5.41, 5.74) is -1.34. The van der Waals surface area contributed by atoms with E-state index in [1.54, 1.807) is 6.92 Å². The van der Waals surface area contributed by atoms with Gasteiger partial charge in [0.2, 0.25) is 0 Å². The SMILES string of the molecule is CCN(C(=O)c1cc([N+](=O)[O-])cc([N+](=O)[O-])c1)C1CCS(=O)(=O)C1. The molecule has 1 heterocycles. The van der Waals surface area contributed by atoms with Crippen LogP contribution in [0.3, 0.4) is 0 Å². The number of nitro groups is 2. The summed E-state index contributed by atoms with van der Waals surface area (Å²) in [5, 5.41) is 21.8. The zero-order chi connectivity index (χ0) is 18.1. The number of nitro benzene ring substituents is 2. The smallest absolute Gasteiger partial charge is 0.277 e. The normalized spacial score (nSPS) is 19.0. The van der Waals surface area contributed by atoms with Crippen LogP contribution in [0.5, 0.6) is 0 Å². The molecule has 10 nitrogen and oxygen atoms in total. The number of non-ortho nitro benzene ring substituents is 2. The van der Waals surface area contributed by atoms with E-state index in [-0.39, 0.29) is 30.0 Å². The molecule has 0 N–H and O–H groups in total. The van der Waals surface area contributed by atoms with Gasteiger partial charge in [-0.3, -0.25) is 25.0 Å². The van der Waals surface area contributed by atoms with Gasteiger partial charge in [-0.2, -0.15) is 0 Å². The third-order valence-electron chi connectivity index (χ3n) is 3.82. The number of benzene rings is 1. The molecule has 11 heteroatoms. The van der Waals surface area contributed by atoms with Gasteiger partial charge in [0.1, 0.15) is 0 Å². The largest absolute Gasteiger partial charge is 0.335 e. The average Bonchev–Trinajstić information content (AvgIpc) is 2.87. The fourth-order valence-corrected chi connectivity index (χ4v) is 4.41. The molecule has 0 spiro atoms. The maximum Gasteiger partial charge on any atom is 0.277 e. The van der Waals surface area contributed by atoms with Crippen LogP contribution < -0.4 is 0 Å². The number of hydrogen-bond acceptors (Lipinski definition) is 7. The minimum Gasteiger partial charge on any atom is -0.335 e. The molecule has 0 radical (unpaired) electrons. The zero-order valence-corrected chi connectivity index (χ0v) is 13.6. The highest BCUT2D eigenvalue weighted by atomic mass is 32.2.